The van der Waals surface area contributed by atoms with Gasteiger partial charge >= 0.3 is 0 Å². The molecule has 2 heterocycles. The molecule has 2 aromatic heterocycles. The zero-order valence-corrected chi connectivity index (χ0v) is 29.4. The summed E-state index contributed by atoms with van der Waals surface area (Å²) in [4.78, 5) is 0. The van der Waals surface area contributed by atoms with E-state index in [1.807, 2.05) is 12.1 Å². The third-order valence-electron chi connectivity index (χ3n) is 11.7. The maximum Gasteiger partial charge on any atom is 0.143 e. The van der Waals surface area contributed by atoms with Crippen LogP contribution in [0.25, 0.3) is 122 Å². The molecular formula is C52H32O2. The lowest BCUT2D eigenvalue weighted by atomic mass is 9.85. The molecular weight excluding hydrogens is 657 g/mol. The van der Waals surface area contributed by atoms with E-state index in [2.05, 4.69) is 158 Å². The summed E-state index contributed by atoms with van der Waals surface area (Å²) in [6, 6.07) is 57.0. The quantitative estimate of drug-likeness (QED) is 0.185. The summed E-state index contributed by atoms with van der Waals surface area (Å²) in [6.07, 6.45) is 6.99. The summed E-state index contributed by atoms with van der Waals surface area (Å²) >= 11 is 0. The summed E-state index contributed by atoms with van der Waals surface area (Å²) in [5.41, 5.74) is 10.9. The molecule has 0 atom stereocenters. The van der Waals surface area contributed by atoms with Crippen LogP contribution >= 0.6 is 0 Å². The van der Waals surface area contributed by atoms with Crippen LogP contribution < -0.4 is 10.4 Å². The average Bonchev–Trinajstić information content (AvgIpc) is 3.82. The molecule has 0 aliphatic heterocycles. The second-order valence-corrected chi connectivity index (χ2v) is 14.6. The molecule has 0 unspecified atom stereocenters. The Balaban J connectivity index is 1.10. The van der Waals surface area contributed by atoms with Crippen LogP contribution in [0.3, 0.4) is 0 Å². The Morgan fingerprint density at radius 3 is 1.72 bits per heavy atom. The number of rotatable bonds is 3. The zero-order chi connectivity index (χ0) is 35.3. The van der Waals surface area contributed by atoms with Gasteiger partial charge in [-0.25, -0.2) is 0 Å². The predicted octanol–water partition coefficient (Wildman–Crippen LogP) is 13.3. The highest BCUT2D eigenvalue weighted by molar-refractivity contribution is 6.28. The van der Waals surface area contributed by atoms with E-state index in [0.717, 1.165) is 78.6 Å². The summed E-state index contributed by atoms with van der Waals surface area (Å²) in [6.45, 7) is 0. The molecule has 54 heavy (non-hydrogen) atoms. The molecule has 0 radical (unpaired) electrons. The second kappa shape index (κ2) is 11.3. The van der Waals surface area contributed by atoms with Crippen LogP contribution in [0.4, 0.5) is 0 Å². The Morgan fingerprint density at radius 2 is 0.926 bits per heavy atom. The van der Waals surface area contributed by atoms with Gasteiger partial charge in [0.1, 0.15) is 22.3 Å². The molecule has 0 N–H and O–H groups in total. The van der Waals surface area contributed by atoms with Crippen molar-refractivity contribution in [2.45, 2.75) is 12.8 Å². The maximum absolute atomic E-state index is 6.71. The van der Waals surface area contributed by atoms with Crippen molar-refractivity contribution in [1.29, 1.82) is 0 Å². The van der Waals surface area contributed by atoms with E-state index in [0.29, 0.717) is 0 Å². The predicted molar refractivity (Wildman–Crippen MR) is 227 cm³/mol. The smallest absolute Gasteiger partial charge is 0.143 e. The molecule has 0 spiro atoms. The normalized spacial score (nSPS) is 13.0. The van der Waals surface area contributed by atoms with E-state index in [4.69, 9.17) is 8.83 Å². The number of hydrogen-bond donors (Lipinski definition) is 0. The van der Waals surface area contributed by atoms with Crippen LogP contribution in [0.15, 0.2) is 167 Å². The minimum Gasteiger partial charge on any atom is -0.455 e. The van der Waals surface area contributed by atoms with E-state index < -0.39 is 0 Å². The first-order chi connectivity index (χ1) is 26.8. The van der Waals surface area contributed by atoms with E-state index in [-0.39, 0.29) is 0 Å². The lowest BCUT2D eigenvalue weighted by molar-refractivity contribution is 0.670. The van der Waals surface area contributed by atoms with Crippen LogP contribution in [0, 0.1) is 0 Å². The average molecular weight is 689 g/mol. The molecule has 0 amide bonds. The van der Waals surface area contributed by atoms with E-state index in [1.165, 1.54) is 54.2 Å². The SMILES string of the molecule is C1=c2c(-c3ccc(-c4cc5c(ccc6c7ccccc7oc65)c5c4oc4ccccc45)cc3)c3ccccc3c(-c3cccc4ccccc34)c2=CCC1. The van der Waals surface area contributed by atoms with Gasteiger partial charge in [-0.3, -0.25) is 0 Å². The molecule has 1 aliphatic rings. The van der Waals surface area contributed by atoms with Gasteiger partial charge < -0.3 is 8.83 Å². The van der Waals surface area contributed by atoms with Crippen molar-refractivity contribution in [2.24, 2.45) is 0 Å². The van der Waals surface area contributed by atoms with Crippen molar-refractivity contribution in [2.75, 3.05) is 0 Å². The van der Waals surface area contributed by atoms with Crippen LogP contribution in [0.1, 0.15) is 12.8 Å². The number of hydrogen-bond acceptors (Lipinski definition) is 2. The maximum atomic E-state index is 6.71. The van der Waals surface area contributed by atoms with Crippen molar-refractivity contribution in [1.82, 2.24) is 0 Å². The first kappa shape index (κ1) is 29.7. The monoisotopic (exact) mass is 688 g/mol. The van der Waals surface area contributed by atoms with Crippen molar-refractivity contribution in [3.63, 3.8) is 0 Å². The molecule has 9 aromatic carbocycles. The van der Waals surface area contributed by atoms with Crippen LogP contribution in [-0.2, 0) is 0 Å². The van der Waals surface area contributed by atoms with Gasteiger partial charge in [0.05, 0.1) is 0 Å². The van der Waals surface area contributed by atoms with Crippen molar-refractivity contribution in [3.05, 3.63) is 168 Å². The minimum atomic E-state index is 0.888. The van der Waals surface area contributed by atoms with E-state index in [1.54, 1.807) is 0 Å². The Morgan fingerprint density at radius 1 is 0.352 bits per heavy atom. The molecule has 0 saturated carbocycles. The third-order valence-corrected chi connectivity index (χ3v) is 11.7. The molecule has 12 rings (SSSR count). The minimum absolute atomic E-state index is 0.888. The molecule has 0 saturated heterocycles. The molecule has 0 fully saturated rings. The van der Waals surface area contributed by atoms with Gasteiger partial charge in [-0.1, -0.05) is 146 Å². The fraction of sp³-hybridized carbons (Fsp3) is 0.0385. The van der Waals surface area contributed by atoms with Gasteiger partial charge in [0.2, 0.25) is 0 Å². The zero-order valence-electron chi connectivity index (χ0n) is 29.4. The van der Waals surface area contributed by atoms with Crippen molar-refractivity contribution >= 4 is 88.3 Å². The van der Waals surface area contributed by atoms with Gasteiger partial charge in [0.25, 0.3) is 0 Å². The van der Waals surface area contributed by atoms with Gasteiger partial charge in [0.15, 0.2) is 0 Å². The van der Waals surface area contributed by atoms with Crippen LogP contribution in [-0.4, -0.2) is 0 Å². The molecule has 1 aliphatic carbocycles. The second-order valence-electron chi connectivity index (χ2n) is 14.6. The highest BCUT2D eigenvalue weighted by Crippen LogP contribution is 2.45. The number of benzene rings is 9. The molecule has 2 heteroatoms. The topological polar surface area (TPSA) is 26.3 Å². The van der Waals surface area contributed by atoms with E-state index >= 15 is 0 Å². The highest BCUT2D eigenvalue weighted by Gasteiger charge is 2.21. The molecule has 11 aromatic rings. The van der Waals surface area contributed by atoms with Crippen LogP contribution in [0.2, 0.25) is 0 Å². The standard InChI is InChI=1S/C52H32O2/c1-2-14-34-31(12-1)13-11-21-36(34)49-39-18-5-3-16-37(39)48(38-17-4-6-19-40(38)49)33-26-24-32(25-27-33)44-30-45-41(50-43-20-8-10-23-47(43)54-52(44)50)28-29-42-35-15-7-9-22-46(35)53-51(42)45/h1-3,5,7-30H,4,6H2. The lowest BCUT2D eigenvalue weighted by Crippen LogP contribution is -2.31. The van der Waals surface area contributed by atoms with Gasteiger partial charge in [-0.15, -0.1) is 0 Å². The Labute approximate surface area is 310 Å². The summed E-state index contributed by atoms with van der Waals surface area (Å²) in [7, 11) is 0. The molecule has 2 nitrogen and oxygen atoms in total. The first-order valence-electron chi connectivity index (χ1n) is 18.8. The number of furan rings is 2. The van der Waals surface area contributed by atoms with Crippen molar-refractivity contribution in [3.8, 4) is 33.4 Å². The van der Waals surface area contributed by atoms with Gasteiger partial charge in [-0.05, 0) is 102 Å². The fourth-order valence-corrected chi connectivity index (χ4v) is 9.32. The largest absolute Gasteiger partial charge is 0.455 e. The number of fused-ring (bicyclic) bond motifs is 12. The summed E-state index contributed by atoms with van der Waals surface area (Å²) in [5, 5.41) is 14.5. The molecule has 252 valence electrons. The van der Waals surface area contributed by atoms with Crippen LogP contribution in [0.5, 0.6) is 0 Å². The first-order valence-corrected chi connectivity index (χ1v) is 18.8. The number of para-hydroxylation sites is 2. The van der Waals surface area contributed by atoms with E-state index in [9.17, 15) is 0 Å². The Kier molecular flexibility index (Phi) is 6.20. The third kappa shape index (κ3) is 4.17. The molecule has 0 bridgehead atoms. The van der Waals surface area contributed by atoms with Gasteiger partial charge in [0, 0.05) is 32.5 Å². The van der Waals surface area contributed by atoms with Crippen molar-refractivity contribution < 1.29 is 8.83 Å². The lowest BCUT2D eigenvalue weighted by Gasteiger charge is -2.19. The summed E-state index contributed by atoms with van der Waals surface area (Å²) in [5.74, 6) is 0. The fourth-order valence-electron chi connectivity index (χ4n) is 9.32. The summed E-state index contributed by atoms with van der Waals surface area (Å²) < 4.78 is 13.3. The highest BCUT2D eigenvalue weighted by atomic mass is 16.3. The Bertz CT molecular complexity index is 3480. The Hall–Kier alpha value is -6.90. The van der Waals surface area contributed by atoms with Gasteiger partial charge in [-0.2, -0.15) is 0 Å².